The van der Waals surface area contributed by atoms with Crippen LogP contribution in [-0.4, -0.2) is 14.5 Å². The summed E-state index contributed by atoms with van der Waals surface area (Å²) in [6.45, 7) is 0. The molecule has 0 amide bonds. The van der Waals surface area contributed by atoms with Crippen LogP contribution in [0.3, 0.4) is 0 Å². The summed E-state index contributed by atoms with van der Waals surface area (Å²) in [4.78, 5) is 4.88. The maximum absolute atomic E-state index is 10.6. The maximum atomic E-state index is 10.6. The van der Waals surface area contributed by atoms with Gasteiger partial charge in [0.15, 0.2) is 0 Å². The van der Waals surface area contributed by atoms with Gasteiger partial charge in [-0.05, 0) is 41.1 Å². The maximum Gasteiger partial charge on any atom is 0.125 e. The summed E-state index contributed by atoms with van der Waals surface area (Å²) in [5.74, 6) is 0.250. The molecular weight excluding hydrogens is 296 g/mol. The van der Waals surface area contributed by atoms with Crippen LogP contribution in [0.5, 0.6) is 5.75 Å². The monoisotopic (exact) mass is 310 g/mol. The third-order valence-corrected chi connectivity index (χ3v) is 4.51. The molecule has 5 aromatic rings. The van der Waals surface area contributed by atoms with Crippen molar-refractivity contribution >= 4 is 27.3 Å². The van der Waals surface area contributed by atoms with Crippen LogP contribution < -0.4 is 0 Å². The Morgan fingerprint density at radius 2 is 1.54 bits per heavy atom. The topological polar surface area (TPSA) is 37.5 Å². The van der Waals surface area contributed by atoms with Gasteiger partial charge in [0.1, 0.15) is 5.75 Å². The number of hydrogen-bond acceptors (Lipinski definition) is 2. The molecule has 2 aromatic heterocycles. The summed E-state index contributed by atoms with van der Waals surface area (Å²) >= 11 is 0. The number of para-hydroxylation sites is 2. The van der Waals surface area contributed by atoms with E-state index in [0.717, 1.165) is 38.6 Å². The van der Waals surface area contributed by atoms with E-state index >= 15 is 0 Å². The lowest BCUT2D eigenvalue weighted by Gasteiger charge is -2.12. The molecule has 0 bridgehead atoms. The third kappa shape index (κ3) is 1.75. The summed E-state index contributed by atoms with van der Waals surface area (Å²) in [5, 5.41) is 12.7. The molecule has 114 valence electrons. The highest BCUT2D eigenvalue weighted by Crippen LogP contribution is 2.38. The van der Waals surface area contributed by atoms with Gasteiger partial charge in [-0.15, -0.1) is 0 Å². The molecule has 0 aliphatic heterocycles. The average molecular weight is 310 g/mol. The number of fused-ring (bicyclic) bond motifs is 4. The number of nitrogens with zero attached hydrogens (tertiary/aromatic N) is 2. The van der Waals surface area contributed by atoms with Crippen LogP contribution in [0.15, 0.2) is 79.0 Å². The second-order valence-electron chi connectivity index (χ2n) is 5.89. The van der Waals surface area contributed by atoms with E-state index < -0.39 is 0 Å². The molecule has 0 radical (unpaired) electrons. The van der Waals surface area contributed by atoms with Crippen LogP contribution in [0.2, 0.25) is 0 Å². The van der Waals surface area contributed by atoms with Crippen molar-refractivity contribution in [1.29, 1.82) is 0 Å². The lowest BCUT2D eigenvalue weighted by molar-refractivity contribution is 0.478. The van der Waals surface area contributed by atoms with Crippen LogP contribution >= 0.6 is 0 Å². The van der Waals surface area contributed by atoms with Crippen LogP contribution in [-0.2, 0) is 0 Å². The first kappa shape index (κ1) is 13.1. The van der Waals surface area contributed by atoms with E-state index in [1.165, 1.54) is 0 Å². The lowest BCUT2D eigenvalue weighted by Crippen LogP contribution is -1.95. The smallest absolute Gasteiger partial charge is 0.125 e. The summed E-state index contributed by atoms with van der Waals surface area (Å²) < 4.78 is 2.12. The summed E-state index contributed by atoms with van der Waals surface area (Å²) in [5.41, 5.74) is 4.53. The van der Waals surface area contributed by atoms with Gasteiger partial charge in [-0.25, -0.2) is 4.98 Å². The molecular formula is C21H14N2O. The molecule has 1 N–H and O–H groups in total. The van der Waals surface area contributed by atoms with Gasteiger partial charge in [0.2, 0.25) is 0 Å². The second kappa shape index (κ2) is 4.83. The number of hydrogen-bond donors (Lipinski definition) is 1. The number of aromatic hydroxyl groups is 1. The Bertz CT molecular complexity index is 1220. The Hall–Kier alpha value is -3.33. The molecule has 0 aliphatic carbocycles. The summed E-state index contributed by atoms with van der Waals surface area (Å²) in [7, 11) is 0. The van der Waals surface area contributed by atoms with Gasteiger partial charge in [-0.1, -0.05) is 42.5 Å². The van der Waals surface area contributed by atoms with Gasteiger partial charge >= 0.3 is 0 Å². The summed E-state index contributed by atoms with van der Waals surface area (Å²) in [6, 6.07) is 23.9. The van der Waals surface area contributed by atoms with E-state index in [9.17, 15) is 5.11 Å². The highest BCUT2D eigenvalue weighted by Gasteiger charge is 2.16. The predicted octanol–water partition coefficient (Wildman–Crippen LogP) is 5.01. The second-order valence-corrected chi connectivity index (χ2v) is 5.89. The van der Waals surface area contributed by atoms with Gasteiger partial charge in [-0.2, -0.15) is 0 Å². The summed E-state index contributed by atoms with van der Waals surface area (Å²) in [6.07, 6.45) is 2.03. The van der Waals surface area contributed by atoms with Gasteiger partial charge in [0.05, 0.1) is 27.8 Å². The van der Waals surface area contributed by atoms with E-state index in [1.807, 2.05) is 60.8 Å². The molecule has 0 saturated heterocycles. The fourth-order valence-corrected chi connectivity index (χ4v) is 3.42. The zero-order valence-electron chi connectivity index (χ0n) is 12.8. The minimum absolute atomic E-state index is 0.250. The molecule has 0 unspecified atom stereocenters. The van der Waals surface area contributed by atoms with E-state index in [1.54, 1.807) is 6.07 Å². The minimum Gasteiger partial charge on any atom is -0.507 e. The molecule has 3 heteroatoms. The van der Waals surface area contributed by atoms with Crippen molar-refractivity contribution in [3.8, 4) is 17.0 Å². The highest BCUT2D eigenvalue weighted by molar-refractivity contribution is 6.03. The quantitative estimate of drug-likeness (QED) is 0.472. The van der Waals surface area contributed by atoms with E-state index in [4.69, 9.17) is 4.98 Å². The molecule has 0 atom stereocenters. The fraction of sp³-hybridized carbons (Fsp3) is 0. The van der Waals surface area contributed by atoms with Gasteiger partial charge in [0, 0.05) is 6.20 Å². The van der Waals surface area contributed by atoms with Gasteiger partial charge < -0.3 is 9.51 Å². The van der Waals surface area contributed by atoms with Crippen molar-refractivity contribution in [2.75, 3.05) is 0 Å². The number of rotatable bonds is 1. The van der Waals surface area contributed by atoms with E-state index in [0.29, 0.717) is 0 Å². The van der Waals surface area contributed by atoms with Crippen molar-refractivity contribution in [1.82, 2.24) is 9.38 Å². The molecule has 3 nitrogen and oxygen atoms in total. The van der Waals surface area contributed by atoms with Crippen molar-refractivity contribution in [3.05, 3.63) is 79.0 Å². The number of phenols is 1. The molecule has 3 aromatic carbocycles. The first-order valence-electron chi connectivity index (χ1n) is 7.90. The van der Waals surface area contributed by atoms with Crippen molar-refractivity contribution in [3.63, 3.8) is 0 Å². The first-order chi connectivity index (χ1) is 11.8. The normalized spacial score (nSPS) is 11.5. The minimum atomic E-state index is 0.250. The van der Waals surface area contributed by atoms with Crippen molar-refractivity contribution < 1.29 is 5.11 Å². The van der Waals surface area contributed by atoms with E-state index in [2.05, 4.69) is 16.5 Å². The fourth-order valence-electron chi connectivity index (χ4n) is 3.42. The Morgan fingerprint density at radius 1 is 0.750 bits per heavy atom. The zero-order chi connectivity index (χ0) is 16.1. The third-order valence-electron chi connectivity index (χ3n) is 4.51. The van der Waals surface area contributed by atoms with Gasteiger partial charge in [-0.3, -0.25) is 0 Å². The largest absolute Gasteiger partial charge is 0.507 e. The number of benzene rings is 3. The Kier molecular flexibility index (Phi) is 2.65. The van der Waals surface area contributed by atoms with E-state index in [-0.39, 0.29) is 5.75 Å². The number of aromatic nitrogens is 2. The van der Waals surface area contributed by atoms with Crippen LogP contribution in [0, 0.1) is 0 Å². The number of phenolic OH excluding ortho intramolecular Hbond substituents is 1. The molecule has 24 heavy (non-hydrogen) atoms. The average Bonchev–Trinajstić information content (AvgIpc) is 3.11. The van der Waals surface area contributed by atoms with Gasteiger partial charge in [0.25, 0.3) is 0 Å². The Balaban J connectivity index is 2.00. The van der Waals surface area contributed by atoms with Crippen LogP contribution in [0.25, 0.3) is 38.6 Å². The molecule has 0 spiro atoms. The zero-order valence-corrected chi connectivity index (χ0v) is 12.8. The van der Waals surface area contributed by atoms with Crippen molar-refractivity contribution in [2.24, 2.45) is 0 Å². The lowest BCUT2D eigenvalue weighted by atomic mass is 10.00. The molecule has 0 fully saturated rings. The van der Waals surface area contributed by atoms with Crippen LogP contribution in [0.4, 0.5) is 0 Å². The first-order valence-corrected chi connectivity index (χ1v) is 7.90. The molecule has 0 aliphatic rings. The molecule has 5 rings (SSSR count). The van der Waals surface area contributed by atoms with Crippen molar-refractivity contribution in [2.45, 2.75) is 0 Å². The highest BCUT2D eigenvalue weighted by atomic mass is 16.3. The SMILES string of the molecule is Oc1ccc2ccccc2c1-c1nc2ccccc2n2cccc12. The van der Waals surface area contributed by atoms with Crippen LogP contribution in [0.1, 0.15) is 0 Å². The Morgan fingerprint density at radius 3 is 2.50 bits per heavy atom. The molecule has 0 saturated carbocycles. The molecule has 2 heterocycles. The standard InChI is InChI=1S/C21H14N2O/c24-19-12-11-14-6-1-2-7-15(14)20(19)21-18-10-5-13-23(18)17-9-4-3-8-16(17)22-21/h1-13,24H. The Labute approximate surface area is 138 Å². The predicted molar refractivity (Wildman–Crippen MR) is 97.3 cm³/mol.